The zero-order chi connectivity index (χ0) is 19.4. The van der Waals surface area contributed by atoms with Gasteiger partial charge >= 0.3 is 0 Å². The first-order valence-corrected chi connectivity index (χ1v) is 8.84. The molecule has 144 valence electrons. The molecule has 7 nitrogen and oxygen atoms in total. The SMILES string of the molecule is C/C=C(\OC)c1cc(N)n(CC(=O)N2CCN(c3ccc(F)cc3)CC2)n1. The number of methoxy groups -OCH3 is 1. The number of aromatic nitrogens is 2. The Bertz CT molecular complexity index is 823. The molecule has 1 aromatic heterocycles. The summed E-state index contributed by atoms with van der Waals surface area (Å²) in [5.74, 6) is 0.744. The van der Waals surface area contributed by atoms with Gasteiger partial charge in [-0.2, -0.15) is 5.10 Å². The molecule has 27 heavy (non-hydrogen) atoms. The molecule has 1 aliphatic rings. The van der Waals surface area contributed by atoms with Crippen molar-refractivity contribution in [1.29, 1.82) is 0 Å². The molecule has 0 aliphatic carbocycles. The number of ether oxygens (including phenoxy) is 1. The van der Waals surface area contributed by atoms with Crippen molar-refractivity contribution in [3.63, 3.8) is 0 Å². The number of amides is 1. The summed E-state index contributed by atoms with van der Waals surface area (Å²) in [6, 6.07) is 8.10. The zero-order valence-electron chi connectivity index (χ0n) is 15.6. The van der Waals surface area contributed by atoms with Gasteiger partial charge in [-0.25, -0.2) is 9.07 Å². The summed E-state index contributed by atoms with van der Waals surface area (Å²) in [5.41, 5.74) is 7.55. The molecule has 2 heterocycles. The first-order chi connectivity index (χ1) is 13.0. The number of piperazine rings is 1. The topological polar surface area (TPSA) is 76.6 Å². The molecule has 1 aliphatic heterocycles. The standard InChI is InChI=1S/C19H24FN5O2/c1-3-17(27-2)16-12-18(21)25(22-16)13-19(26)24-10-8-23(9-11-24)15-6-4-14(20)5-7-15/h3-7,12H,8-11,13,21H2,1-2H3/b17-3-. The van der Waals surface area contributed by atoms with E-state index in [-0.39, 0.29) is 18.3 Å². The van der Waals surface area contributed by atoms with E-state index >= 15 is 0 Å². The molecule has 0 unspecified atom stereocenters. The maximum atomic E-state index is 13.1. The lowest BCUT2D eigenvalue weighted by Gasteiger charge is -2.36. The second kappa shape index (κ2) is 8.11. The van der Waals surface area contributed by atoms with Gasteiger partial charge in [0.1, 0.15) is 29.6 Å². The zero-order valence-corrected chi connectivity index (χ0v) is 15.6. The molecular formula is C19H24FN5O2. The van der Waals surface area contributed by atoms with Crippen molar-refractivity contribution >= 4 is 23.2 Å². The Hall–Kier alpha value is -3.03. The lowest BCUT2D eigenvalue weighted by atomic mass is 10.2. The largest absolute Gasteiger partial charge is 0.495 e. The fourth-order valence-electron chi connectivity index (χ4n) is 3.14. The van der Waals surface area contributed by atoms with Gasteiger partial charge in [-0.3, -0.25) is 4.79 Å². The maximum absolute atomic E-state index is 13.1. The summed E-state index contributed by atoms with van der Waals surface area (Å²) in [7, 11) is 1.57. The van der Waals surface area contributed by atoms with Crippen LogP contribution in [0.5, 0.6) is 0 Å². The highest BCUT2D eigenvalue weighted by Crippen LogP contribution is 2.19. The number of nitrogen functional groups attached to an aromatic ring is 1. The van der Waals surface area contributed by atoms with Crippen LogP contribution in [0.3, 0.4) is 0 Å². The first-order valence-electron chi connectivity index (χ1n) is 8.84. The average Bonchev–Trinajstić information content (AvgIpc) is 3.03. The Morgan fingerprint density at radius 2 is 1.93 bits per heavy atom. The van der Waals surface area contributed by atoms with E-state index in [2.05, 4.69) is 10.00 Å². The van der Waals surface area contributed by atoms with Crippen molar-refractivity contribution in [2.24, 2.45) is 0 Å². The lowest BCUT2D eigenvalue weighted by Crippen LogP contribution is -2.49. The number of benzene rings is 1. The predicted octanol–water partition coefficient (Wildman–Crippen LogP) is 1.96. The minimum Gasteiger partial charge on any atom is -0.495 e. The number of hydrogen-bond donors (Lipinski definition) is 1. The number of halogens is 1. The van der Waals surface area contributed by atoms with Gasteiger partial charge in [-0.05, 0) is 37.3 Å². The van der Waals surface area contributed by atoms with Gasteiger partial charge in [0.15, 0.2) is 0 Å². The van der Waals surface area contributed by atoms with Crippen LogP contribution in [0.1, 0.15) is 12.6 Å². The van der Waals surface area contributed by atoms with Crippen molar-refractivity contribution in [3.8, 4) is 0 Å². The number of carbonyl (C=O) groups is 1. The molecule has 0 spiro atoms. The van der Waals surface area contributed by atoms with E-state index in [1.165, 1.54) is 16.8 Å². The number of allylic oxidation sites excluding steroid dienone is 1. The lowest BCUT2D eigenvalue weighted by molar-refractivity contribution is -0.132. The smallest absolute Gasteiger partial charge is 0.244 e. The third-order valence-electron chi connectivity index (χ3n) is 4.65. The second-order valence-electron chi connectivity index (χ2n) is 6.31. The molecule has 1 fully saturated rings. The van der Waals surface area contributed by atoms with E-state index in [4.69, 9.17) is 10.5 Å². The molecule has 0 bridgehead atoms. The van der Waals surface area contributed by atoms with Gasteiger partial charge in [0.25, 0.3) is 0 Å². The van der Waals surface area contributed by atoms with E-state index < -0.39 is 0 Å². The third-order valence-corrected chi connectivity index (χ3v) is 4.65. The highest BCUT2D eigenvalue weighted by atomic mass is 19.1. The van der Waals surface area contributed by atoms with Crippen molar-refractivity contribution < 1.29 is 13.9 Å². The average molecular weight is 373 g/mol. The highest BCUT2D eigenvalue weighted by molar-refractivity contribution is 5.77. The van der Waals surface area contributed by atoms with Gasteiger partial charge in [-0.15, -0.1) is 0 Å². The van der Waals surface area contributed by atoms with Crippen LogP contribution in [-0.4, -0.2) is 53.9 Å². The van der Waals surface area contributed by atoms with Crippen molar-refractivity contribution in [2.45, 2.75) is 13.5 Å². The van der Waals surface area contributed by atoms with Gasteiger partial charge in [0.2, 0.25) is 5.91 Å². The minimum absolute atomic E-state index is 0.0328. The fraction of sp³-hybridized carbons (Fsp3) is 0.368. The molecule has 1 amide bonds. The van der Waals surface area contributed by atoms with Crippen LogP contribution in [0, 0.1) is 5.82 Å². The van der Waals surface area contributed by atoms with Gasteiger partial charge in [-0.1, -0.05) is 0 Å². The Kier molecular flexibility index (Phi) is 5.63. The Labute approximate surface area is 157 Å². The maximum Gasteiger partial charge on any atom is 0.244 e. The van der Waals surface area contributed by atoms with E-state index in [1.54, 1.807) is 36.3 Å². The Morgan fingerprint density at radius 1 is 1.26 bits per heavy atom. The van der Waals surface area contributed by atoms with Gasteiger partial charge < -0.3 is 20.3 Å². The molecule has 0 radical (unpaired) electrons. The van der Waals surface area contributed by atoms with Gasteiger partial charge in [0.05, 0.1) is 7.11 Å². The van der Waals surface area contributed by atoms with Crippen LogP contribution in [0.4, 0.5) is 15.9 Å². The molecule has 0 atom stereocenters. The summed E-state index contributed by atoms with van der Waals surface area (Å²) < 4.78 is 19.8. The Morgan fingerprint density at radius 3 is 2.52 bits per heavy atom. The molecular weight excluding hydrogens is 349 g/mol. The van der Waals surface area contributed by atoms with Crippen LogP contribution in [-0.2, 0) is 16.1 Å². The van der Waals surface area contributed by atoms with Crippen LogP contribution < -0.4 is 10.6 Å². The van der Waals surface area contributed by atoms with E-state index in [1.807, 2.05) is 6.92 Å². The summed E-state index contributed by atoms with van der Waals surface area (Å²) in [5, 5.41) is 4.36. The van der Waals surface area contributed by atoms with E-state index in [0.717, 1.165) is 5.69 Å². The first kappa shape index (κ1) is 18.8. The predicted molar refractivity (Wildman–Crippen MR) is 102 cm³/mol. The number of carbonyl (C=O) groups excluding carboxylic acids is 1. The monoisotopic (exact) mass is 373 g/mol. The number of nitrogens with two attached hydrogens (primary N) is 1. The number of hydrogen-bond acceptors (Lipinski definition) is 5. The van der Waals surface area contributed by atoms with Crippen LogP contribution in [0.25, 0.3) is 5.76 Å². The number of rotatable bonds is 5. The molecule has 1 saturated heterocycles. The third kappa shape index (κ3) is 4.21. The molecule has 2 aromatic rings. The van der Waals surface area contributed by atoms with E-state index in [0.29, 0.717) is 43.4 Å². The summed E-state index contributed by atoms with van der Waals surface area (Å²) in [6.07, 6.45) is 1.79. The summed E-state index contributed by atoms with van der Waals surface area (Å²) in [6.45, 7) is 4.53. The quantitative estimate of drug-likeness (QED) is 0.811. The normalized spacial score (nSPS) is 15.1. The molecule has 0 saturated carbocycles. The molecule has 8 heteroatoms. The summed E-state index contributed by atoms with van der Waals surface area (Å²) >= 11 is 0. The van der Waals surface area contributed by atoms with Crippen LogP contribution >= 0.6 is 0 Å². The molecule has 1 aromatic carbocycles. The highest BCUT2D eigenvalue weighted by Gasteiger charge is 2.22. The minimum atomic E-state index is -0.252. The van der Waals surface area contributed by atoms with Crippen LogP contribution in [0.2, 0.25) is 0 Å². The van der Waals surface area contributed by atoms with Crippen molar-refractivity contribution in [1.82, 2.24) is 14.7 Å². The second-order valence-corrected chi connectivity index (χ2v) is 6.31. The number of anilines is 2. The molecule has 2 N–H and O–H groups in total. The van der Waals surface area contributed by atoms with Crippen molar-refractivity contribution in [2.75, 3.05) is 43.9 Å². The summed E-state index contributed by atoms with van der Waals surface area (Å²) in [4.78, 5) is 16.6. The fourth-order valence-corrected chi connectivity index (χ4v) is 3.14. The van der Waals surface area contributed by atoms with E-state index in [9.17, 15) is 9.18 Å². The van der Waals surface area contributed by atoms with Crippen molar-refractivity contribution in [3.05, 3.63) is 47.9 Å². The number of nitrogens with zero attached hydrogens (tertiary/aromatic N) is 4. The van der Waals surface area contributed by atoms with Crippen LogP contribution in [0.15, 0.2) is 36.4 Å². The Balaban J connectivity index is 1.59. The van der Waals surface area contributed by atoms with Gasteiger partial charge in [0, 0.05) is 37.9 Å². The molecule has 3 rings (SSSR count).